The molecule has 0 fully saturated rings. The number of rotatable bonds is 8. The van der Waals surface area contributed by atoms with E-state index in [9.17, 15) is 18.3 Å². The molecule has 0 saturated carbocycles. The number of carbonyl (C=O) groups is 1. The van der Waals surface area contributed by atoms with Gasteiger partial charge in [-0.1, -0.05) is 13.8 Å². The Morgan fingerprint density at radius 3 is 2.50 bits per heavy atom. The number of sulfonamides is 1. The zero-order valence-electron chi connectivity index (χ0n) is 12.4. The minimum absolute atomic E-state index is 0.0599. The van der Waals surface area contributed by atoms with Crippen LogP contribution in [0.1, 0.15) is 13.8 Å². The van der Waals surface area contributed by atoms with Crippen molar-refractivity contribution in [2.24, 2.45) is 5.41 Å². The second-order valence-corrected chi connectivity index (χ2v) is 7.18. The van der Waals surface area contributed by atoms with Crippen LogP contribution in [0.4, 0.5) is 5.95 Å². The molecule has 0 radical (unpaired) electrons. The summed E-state index contributed by atoms with van der Waals surface area (Å²) in [6, 6.07) is 1.54. The van der Waals surface area contributed by atoms with E-state index >= 15 is 0 Å². The molecule has 1 atom stereocenters. The van der Waals surface area contributed by atoms with Crippen LogP contribution in [0, 0.1) is 5.41 Å². The van der Waals surface area contributed by atoms with Gasteiger partial charge >= 0.3 is 0 Å². The van der Waals surface area contributed by atoms with Gasteiger partial charge < -0.3 is 15.5 Å². The van der Waals surface area contributed by atoms with E-state index in [4.69, 9.17) is 5.11 Å². The molecule has 1 heterocycles. The summed E-state index contributed by atoms with van der Waals surface area (Å²) in [5, 5.41) is 21.1. The number of aromatic nitrogens is 2. The number of aliphatic hydroxyl groups is 2. The lowest BCUT2D eigenvalue weighted by Gasteiger charge is -2.27. The molecule has 1 aromatic rings. The number of hydrogen-bond donors (Lipinski definition) is 4. The van der Waals surface area contributed by atoms with Crippen molar-refractivity contribution in [2.45, 2.75) is 20.0 Å². The minimum atomic E-state index is -3.72. The first kappa shape index (κ1) is 18.3. The molecule has 10 heteroatoms. The second-order valence-electron chi connectivity index (χ2n) is 5.33. The maximum atomic E-state index is 11.8. The van der Waals surface area contributed by atoms with E-state index in [2.05, 4.69) is 20.0 Å². The molecule has 1 rings (SSSR count). The van der Waals surface area contributed by atoms with Crippen LogP contribution in [0.25, 0.3) is 0 Å². The van der Waals surface area contributed by atoms with Crippen LogP contribution in [0.5, 0.6) is 0 Å². The average molecular weight is 332 g/mol. The molecule has 0 bridgehead atoms. The highest BCUT2D eigenvalue weighted by molar-refractivity contribution is 7.92. The summed E-state index contributed by atoms with van der Waals surface area (Å²) < 4.78 is 25.7. The van der Waals surface area contributed by atoms with Crippen molar-refractivity contribution in [1.29, 1.82) is 0 Å². The number of nitrogens with one attached hydrogen (secondary N) is 2. The van der Waals surface area contributed by atoms with E-state index in [1.54, 1.807) is 6.07 Å². The summed E-state index contributed by atoms with van der Waals surface area (Å²) in [4.78, 5) is 19.1. The predicted molar refractivity (Wildman–Crippen MR) is 79.3 cm³/mol. The van der Waals surface area contributed by atoms with Crippen molar-refractivity contribution in [2.75, 3.05) is 23.6 Å². The third kappa shape index (κ3) is 5.54. The third-order valence-corrected chi connectivity index (χ3v) is 4.11. The number of hydrogen-bond acceptors (Lipinski definition) is 7. The molecule has 1 unspecified atom stereocenters. The van der Waals surface area contributed by atoms with E-state index in [1.807, 2.05) is 0 Å². The SMILES string of the molecule is CC(C)(CO)C(O)C(=O)NCCS(=O)(=O)Nc1ncccn1. The van der Waals surface area contributed by atoms with Crippen molar-refractivity contribution in [3.8, 4) is 0 Å². The molecule has 124 valence electrons. The van der Waals surface area contributed by atoms with Crippen molar-refractivity contribution < 1.29 is 23.4 Å². The standard InChI is InChI=1S/C12H20N4O5S/c1-12(2,8-17)9(18)10(19)13-6-7-22(20,21)16-11-14-4-3-5-15-11/h3-5,9,17-18H,6-8H2,1-2H3,(H,13,19)(H,14,15,16). The predicted octanol–water partition coefficient (Wildman–Crippen LogP) is -1.29. The highest BCUT2D eigenvalue weighted by Gasteiger charge is 2.32. The van der Waals surface area contributed by atoms with Gasteiger partial charge in [0.25, 0.3) is 0 Å². The van der Waals surface area contributed by atoms with Crippen LogP contribution in [0.15, 0.2) is 18.5 Å². The molecule has 22 heavy (non-hydrogen) atoms. The maximum Gasteiger partial charge on any atom is 0.249 e. The highest BCUT2D eigenvalue weighted by Crippen LogP contribution is 2.19. The molecule has 0 aliphatic rings. The van der Waals surface area contributed by atoms with Crippen LogP contribution in [-0.4, -0.2) is 59.5 Å². The summed E-state index contributed by atoms with van der Waals surface area (Å²) in [7, 11) is -3.72. The van der Waals surface area contributed by atoms with E-state index in [-0.39, 0.29) is 19.1 Å². The van der Waals surface area contributed by atoms with Gasteiger partial charge in [0, 0.05) is 24.4 Å². The van der Waals surface area contributed by atoms with Crippen molar-refractivity contribution in [3.63, 3.8) is 0 Å². The Bertz CT molecular complexity index is 591. The molecule has 0 aliphatic carbocycles. The van der Waals surface area contributed by atoms with E-state index in [0.29, 0.717) is 0 Å². The van der Waals surface area contributed by atoms with Crippen LogP contribution in [-0.2, 0) is 14.8 Å². The fourth-order valence-electron chi connectivity index (χ4n) is 1.39. The molecule has 1 amide bonds. The van der Waals surface area contributed by atoms with Gasteiger partial charge in [-0.05, 0) is 6.07 Å². The van der Waals surface area contributed by atoms with Crippen LogP contribution in [0.3, 0.4) is 0 Å². The lowest BCUT2D eigenvalue weighted by Crippen LogP contribution is -2.46. The smallest absolute Gasteiger partial charge is 0.249 e. The molecule has 1 aromatic heterocycles. The summed E-state index contributed by atoms with van der Waals surface area (Å²) >= 11 is 0. The molecule has 0 spiro atoms. The van der Waals surface area contributed by atoms with Crippen LogP contribution < -0.4 is 10.0 Å². The van der Waals surface area contributed by atoms with Crippen molar-refractivity contribution in [1.82, 2.24) is 15.3 Å². The fourth-order valence-corrected chi connectivity index (χ4v) is 2.24. The zero-order valence-corrected chi connectivity index (χ0v) is 13.2. The number of amides is 1. The van der Waals surface area contributed by atoms with Gasteiger partial charge in [0.15, 0.2) is 0 Å². The zero-order chi connectivity index (χ0) is 16.8. The Balaban J connectivity index is 2.48. The topological polar surface area (TPSA) is 142 Å². The molecular formula is C12H20N4O5S. The molecule has 9 nitrogen and oxygen atoms in total. The summed E-state index contributed by atoms with van der Waals surface area (Å²) in [6.07, 6.45) is 1.34. The van der Waals surface area contributed by atoms with Gasteiger partial charge in [-0.25, -0.2) is 18.4 Å². The molecule has 4 N–H and O–H groups in total. The summed E-state index contributed by atoms with van der Waals surface area (Å²) in [5.74, 6) is -1.20. The van der Waals surface area contributed by atoms with Crippen LogP contribution in [0.2, 0.25) is 0 Å². The van der Waals surface area contributed by atoms with E-state index in [1.165, 1.54) is 26.2 Å². The van der Waals surface area contributed by atoms with Crippen molar-refractivity contribution >= 4 is 21.9 Å². The molecule has 0 aliphatic heterocycles. The van der Waals surface area contributed by atoms with Crippen molar-refractivity contribution in [3.05, 3.63) is 18.5 Å². The van der Waals surface area contributed by atoms with Gasteiger partial charge in [0.05, 0.1) is 12.4 Å². The second kappa shape index (κ2) is 7.47. The van der Waals surface area contributed by atoms with Gasteiger partial charge in [0.1, 0.15) is 6.10 Å². The third-order valence-electron chi connectivity index (χ3n) is 2.88. The Morgan fingerprint density at radius 1 is 1.36 bits per heavy atom. The number of nitrogens with zero attached hydrogens (tertiary/aromatic N) is 2. The molecular weight excluding hydrogens is 312 g/mol. The Morgan fingerprint density at radius 2 is 1.95 bits per heavy atom. The highest BCUT2D eigenvalue weighted by atomic mass is 32.2. The van der Waals surface area contributed by atoms with Gasteiger partial charge in [0.2, 0.25) is 21.9 Å². The monoisotopic (exact) mass is 332 g/mol. The van der Waals surface area contributed by atoms with E-state index in [0.717, 1.165) is 0 Å². The van der Waals surface area contributed by atoms with E-state index < -0.39 is 33.2 Å². The first-order chi connectivity index (χ1) is 10.2. The first-order valence-electron chi connectivity index (χ1n) is 6.52. The summed E-state index contributed by atoms with van der Waals surface area (Å²) in [5.41, 5.74) is -1.01. The normalized spacial score (nSPS) is 13.5. The number of anilines is 1. The summed E-state index contributed by atoms with van der Waals surface area (Å²) in [6.45, 7) is 2.46. The lowest BCUT2D eigenvalue weighted by atomic mass is 9.87. The maximum absolute atomic E-state index is 11.8. The molecule has 0 aromatic carbocycles. The largest absolute Gasteiger partial charge is 0.396 e. The lowest BCUT2D eigenvalue weighted by molar-refractivity contribution is -0.136. The minimum Gasteiger partial charge on any atom is -0.396 e. The van der Waals surface area contributed by atoms with Gasteiger partial charge in [-0.15, -0.1) is 0 Å². The fraction of sp³-hybridized carbons (Fsp3) is 0.583. The number of aliphatic hydroxyl groups excluding tert-OH is 2. The Labute approximate surface area is 128 Å². The van der Waals surface area contributed by atoms with Gasteiger partial charge in [-0.3, -0.25) is 9.52 Å². The van der Waals surface area contributed by atoms with Crippen LogP contribution >= 0.6 is 0 Å². The number of carbonyl (C=O) groups excluding carboxylic acids is 1. The molecule has 0 saturated heterocycles. The first-order valence-corrected chi connectivity index (χ1v) is 8.17. The quantitative estimate of drug-likeness (QED) is 0.464. The Hall–Kier alpha value is -1.78. The average Bonchev–Trinajstić information content (AvgIpc) is 2.46. The van der Waals surface area contributed by atoms with Gasteiger partial charge in [-0.2, -0.15) is 0 Å². The Kier molecular flexibility index (Phi) is 6.21.